The lowest BCUT2D eigenvalue weighted by atomic mass is 10.0. The summed E-state index contributed by atoms with van der Waals surface area (Å²) in [6, 6.07) is 14.9. The summed E-state index contributed by atoms with van der Waals surface area (Å²) in [5, 5.41) is 7.36. The topological polar surface area (TPSA) is 55.1 Å². The van der Waals surface area contributed by atoms with Crippen molar-refractivity contribution in [2.24, 2.45) is 0 Å². The number of anilines is 1. The van der Waals surface area contributed by atoms with Crippen LogP contribution in [0.15, 0.2) is 53.1 Å². The lowest BCUT2D eigenvalue weighted by Crippen LogP contribution is -1.92. The number of nitrogens with zero attached hydrogens (tertiary/aromatic N) is 1. The van der Waals surface area contributed by atoms with Crippen LogP contribution in [0.4, 0.5) is 5.69 Å². The molecular weight excluding hydrogens is 419 g/mol. The molecule has 1 aromatic heterocycles. The van der Waals surface area contributed by atoms with Crippen molar-refractivity contribution in [3.63, 3.8) is 0 Å². The highest BCUT2D eigenvalue weighted by Gasteiger charge is 2.13. The molecular formula is C21H23Cl3N2O2. The van der Waals surface area contributed by atoms with E-state index in [-0.39, 0.29) is 4.84 Å². The van der Waals surface area contributed by atoms with Crippen molar-refractivity contribution in [2.45, 2.75) is 32.5 Å². The number of amides is 1. The van der Waals surface area contributed by atoms with Gasteiger partial charge in [0.2, 0.25) is 6.41 Å². The summed E-state index contributed by atoms with van der Waals surface area (Å²) >= 11 is 16.3. The molecule has 150 valence electrons. The van der Waals surface area contributed by atoms with Gasteiger partial charge in [0.15, 0.2) is 5.76 Å². The van der Waals surface area contributed by atoms with E-state index < -0.39 is 0 Å². The second-order valence-electron chi connectivity index (χ2n) is 5.37. The predicted molar refractivity (Wildman–Crippen MR) is 119 cm³/mol. The average Bonchev–Trinajstić information content (AvgIpc) is 3.13. The van der Waals surface area contributed by atoms with Crippen LogP contribution in [0.3, 0.4) is 0 Å². The van der Waals surface area contributed by atoms with Crippen LogP contribution in [-0.4, -0.2) is 16.4 Å². The predicted octanol–water partition coefficient (Wildman–Crippen LogP) is 7.37. The van der Waals surface area contributed by atoms with Gasteiger partial charge >= 0.3 is 0 Å². The zero-order valence-corrected chi connectivity index (χ0v) is 18.4. The third kappa shape index (κ3) is 7.19. The van der Waals surface area contributed by atoms with Gasteiger partial charge in [0.05, 0.1) is 5.02 Å². The maximum atomic E-state index is 10.5. The quantitative estimate of drug-likeness (QED) is 0.339. The fourth-order valence-corrected chi connectivity index (χ4v) is 2.63. The van der Waals surface area contributed by atoms with E-state index in [1.165, 1.54) is 0 Å². The first-order chi connectivity index (χ1) is 13.4. The molecule has 0 fully saturated rings. The van der Waals surface area contributed by atoms with Crippen molar-refractivity contribution in [1.82, 2.24) is 5.16 Å². The molecule has 3 aromatic rings. The number of benzene rings is 2. The molecule has 0 aliphatic heterocycles. The molecule has 0 aliphatic rings. The number of carbonyl (C=O) groups is 1. The number of aryl methyl sites for hydroxylation is 1. The van der Waals surface area contributed by atoms with Gasteiger partial charge in [-0.25, -0.2) is 0 Å². The Labute approximate surface area is 180 Å². The van der Waals surface area contributed by atoms with Crippen molar-refractivity contribution in [1.29, 1.82) is 0 Å². The first kappa shape index (κ1) is 24.0. The number of hydrogen-bond acceptors (Lipinski definition) is 3. The molecule has 0 saturated heterocycles. The Bertz CT molecular complexity index is 857. The Morgan fingerprint density at radius 3 is 2.36 bits per heavy atom. The fourth-order valence-electron chi connectivity index (χ4n) is 2.32. The van der Waals surface area contributed by atoms with Crippen LogP contribution in [0.5, 0.6) is 0 Å². The van der Waals surface area contributed by atoms with Crippen molar-refractivity contribution in [2.75, 3.05) is 5.32 Å². The van der Waals surface area contributed by atoms with Gasteiger partial charge in [-0.05, 0) is 37.6 Å². The summed E-state index contributed by atoms with van der Waals surface area (Å²) in [6.07, 6.45) is 0.637. The van der Waals surface area contributed by atoms with E-state index in [1.807, 2.05) is 63.2 Å². The molecule has 4 nitrogen and oxygen atoms in total. The summed E-state index contributed by atoms with van der Waals surface area (Å²) in [4.78, 5) is 10.3. The van der Waals surface area contributed by atoms with E-state index in [0.29, 0.717) is 28.6 Å². The highest BCUT2D eigenvalue weighted by molar-refractivity contribution is 6.43. The average molecular weight is 442 g/mol. The van der Waals surface area contributed by atoms with Crippen LogP contribution in [0.2, 0.25) is 5.02 Å². The zero-order valence-electron chi connectivity index (χ0n) is 16.2. The minimum absolute atomic E-state index is 0.222. The van der Waals surface area contributed by atoms with Crippen molar-refractivity contribution in [3.05, 3.63) is 59.1 Å². The van der Waals surface area contributed by atoms with Crippen molar-refractivity contribution < 1.29 is 9.32 Å². The molecule has 1 heterocycles. The number of nitrogens with one attached hydrogen (secondary N) is 1. The molecule has 0 saturated carbocycles. The summed E-state index contributed by atoms with van der Waals surface area (Å²) < 4.78 is 5.42. The largest absolute Gasteiger partial charge is 0.356 e. The lowest BCUT2D eigenvalue weighted by Gasteiger charge is -2.03. The van der Waals surface area contributed by atoms with Crippen LogP contribution in [0.1, 0.15) is 26.3 Å². The minimum atomic E-state index is -0.222. The lowest BCUT2D eigenvalue weighted by molar-refractivity contribution is -0.105. The van der Waals surface area contributed by atoms with Gasteiger partial charge in [0.1, 0.15) is 10.5 Å². The van der Waals surface area contributed by atoms with Crippen LogP contribution >= 0.6 is 34.8 Å². The number of halogens is 3. The van der Waals surface area contributed by atoms with Gasteiger partial charge < -0.3 is 9.84 Å². The van der Waals surface area contributed by atoms with Gasteiger partial charge in [-0.2, -0.15) is 0 Å². The van der Waals surface area contributed by atoms with E-state index in [1.54, 1.807) is 13.0 Å². The van der Waals surface area contributed by atoms with Gasteiger partial charge in [0.25, 0.3) is 0 Å². The number of carbonyl (C=O) groups excluding carboxylic acids is 1. The SMILES string of the molecule is CC.CC(Cl)Cl.Cc1cccc(Cl)c1-c1cc(-c2cccc(NC=O)c2)on1. The normalized spacial score (nSPS) is 9.71. The summed E-state index contributed by atoms with van der Waals surface area (Å²) in [5.74, 6) is 0.615. The standard InChI is InChI=1S/C17H13ClN2O2.C2H4Cl2.C2H6/c1-11-4-2-7-14(18)17(11)15-9-16(22-20-15)12-5-3-6-13(8-12)19-10-21;1-2(3)4;1-2/h2-10H,1H3,(H,19,21);2H,1H3;1-2H3. The molecule has 2 aromatic carbocycles. The Morgan fingerprint density at radius 1 is 1.11 bits per heavy atom. The van der Waals surface area contributed by atoms with Gasteiger partial charge in [-0.3, -0.25) is 4.79 Å². The van der Waals surface area contributed by atoms with E-state index >= 15 is 0 Å². The van der Waals surface area contributed by atoms with Crippen LogP contribution in [-0.2, 0) is 4.79 Å². The van der Waals surface area contributed by atoms with Crippen molar-refractivity contribution >= 4 is 46.9 Å². The molecule has 3 rings (SSSR count). The first-order valence-electron chi connectivity index (χ1n) is 8.73. The summed E-state index contributed by atoms with van der Waals surface area (Å²) in [6.45, 7) is 7.67. The smallest absolute Gasteiger partial charge is 0.211 e. The minimum Gasteiger partial charge on any atom is -0.356 e. The molecule has 0 bridgehead atoms. The number of aromatic nitrogens is 1. The molecule has 28 heavy (non-hydrogen) atoms. The van der Waals surface area contributed by atoms with Gasteiger partial charge in [-0.1, -0.05) is 54.9 Å². The Balaban J connectivity index is 0.000000583. The Morgan fingerprint density at radius 2 is 1.75 bits per heavy atom. The van der Waals surface area contributed by atoms with E-state index in [0.717, 1.165) is 16.7 Å². The second kappa shape index (κ2) is 12.4. The van der Waals surface area contributed by atoms with E-state index in [4.69, 9.17) is 39.3 Å². The van der Waals surface area contributed by atoms with E-state index in [9.17, 15) is 4.79 Å². The zero-order chi connectivity index (χ0) is 21.1. The Hall–Kier alpha value is -2.01. The molecule has 1 N–H and O–H groups in total. The molecule has 0 unspecified atom stereocenters. The maximum absolute atomic E-state index is 10.5. The molecule has 0 atom stereocenters. The van der Waals surface area contributed by atoms with Crippen LogP contribution in [0.25, 0.3) is 22.6 Å². The first-order valence-corrected chi connectivity index (χ1v) is 9.98. The third-order valence-corrected chi connectivity index (χ3v) is 3.68. The molecule has 0 radical (unpaired) electrons. The van der Waals surface area contributed by atoms with Gasteiger partial charge in [0, 0.05) is 22.9 Å². The maximum Gasteiger partial charge on any atom is 0.211 e. The molecule has 7 heteroatoms. The third-order valence-electron chi connectivity index (χ3n) is 3.36. The van der Waals surface area contributed by atoms with E-state index in [2.05, 4.69) is 10.5 Å². The fraction of sp³-hybridized carbons (Fsp3) is 0.238. The molecule has 0 spiro atoms. The number of rotatable bonds is 4. The number of hydrogen-bond donors (Lipinski definition) is 1. The summed E-state index contributed by atoms with van der Waals surface area (Å²) in [7, 11) is 0. The summed E-state index contributed by atoms with van der Waals surface area (Å²) in [5.41, 5.74) is 4.10. The monoisotopic (exact) mass is 440 g/mol. The van der Waals surface area contributed by atoms with Crippen molar-refractivity contribution in [3.8, 4) is 22.6 Å². The van der Waals surface area contributed by atoms with Crippen LogP contribution < -0.4 is 5.32 Å². The molecule has 0 aliphatic carbocycles. The van der Waals surface area contributed by atoms with Gasteiger partial charge in [-0.15, -0.1) is 23.2 Å². The second-order valence-corrected chi connectivity index (χ2v) is 7.31. The Kier molecular flexibility index (Phi) is 10.7. The highest BCUT2D eigenvalue weighted by Crippen LogP contribution is 2.33. The van der Waals surface area contributed by atoms with Crippen LogP contribution in [0, 0.1) is 6.92 Å². The number of alkyl halides is 2. The molecule has 1 amide bonds. The highest BCUT2D eigenvalue weighted by atomic mass is 35.5.